The van der Waals surface area contributed by atoms with Gasteiger partial charge < -0.3 is 30.7 Å². The van der Waals surface area contributed by atoms with Crippen molar-refractivity contribution in [3.05, 3.63) is 71.9 Å². The number of benzene rings is 2. The van der Waals surface area contributed by atoms with Crippen LogP contribution in [0.25, 0.3) is 10.9 Å². The summed E-state index contributed by atoms with van der Waals surface area (Å²) in [5, 5.41) is 20.8. The van der Waals surface area contributed by atoms with Crippen LogP contribution in [-0.2, 0) is 14.4 Å². The van der Waals surface area contributed by atoms with Crippen molar-refractivity contribution in [3.8, 4) is 0 Å². The van der Waals surface area contributed by atoms with Gasteiger partial charge in [-0.2, -0.15) is 13.2 Å². The summed E-state index contributed by atoms with van der Waals surface area (Å²) in [7, 11) is 1.58. The molecule has 1 aliphatic heterocycles. The van der Waals surface area contributed by atoms with E-state index in [1.54, 1.807) is 22.6 Å². The number of amides is 2. The second-order valence-electron chi connectivity index (χ2n) is 11.1. The molecule has 2 aliphatic rings. The standard InChI is InChI=1S/C29H34N4O4.C2HF3O2/c1-31-27(34)26-22(19-7-3-2-4-8-19)16-25(33(26)28(35)20-13-11-18(17-30)12-14-20)32-23-10-6-5-9-21(23)15-24(32)29(36)37;3-2(4,5)1(6)7/h2-10,15,18,20,22,25-26H,11-14,16-17,30H2,1H3,(H,31,34)(H,36,37);(H,6,7)/t18-,20-,22-,25?,26-;/m0./s1. The van der Waals surface area contributed by atoms with Gasteiger partial charge in [0.2, 0.25) is 11.8 Å². The molecule has 2 heterocycles. The molecular weight excluding hydrogens is 581 g/mol. The molecule has 1 saturated heterocycles. The number of hydrogen-bond donors (Lipinski definition) is 4. The number of alkyl halides is 3. The number of nitrogens with one attached hydrogen (secondary N) is 1. The van der Waals surface area contributed by atoms with Crippen LogP contribution >= 0.6 is 0 Å². The summed E-state index contributed by atoms with van der Waals surface area (Å²) in [4.78, 5) is 50.7. The summed E-state index contributed by atoms with van der Waals surface area (Å²) in [6.45, 7) is 0.613. The van der Waals surface area contributed by atoms with Crippen molar-refractivity contribution < 1.29 is 42.6 Å². The zero-order valence-corrected chi connectivity index (χ0v) is 24.0. The lowest BCUT2D eigenvalue weighted by molar-refractivity contribution is -0.192. The third-order valence-electron chi connectivity index (χ3n) is 8.50. The highest BCUT2D eigenvalue weighted by molar-refractivity contribution is 5.95. The van der Waals surface area contributed by atoms with E-state index >= 15 is 0 Å². The lowest BCUT2D eigenvalue weighted by Crippen LogP contribution is -2.51. The topological polar surface area (TPSA) is 155 Å². The van der Waals surface area contributed by atoms with Gasteiger partial charge in [-0.3, -0.25) is 9.59 Å². The number of aliphatic carboxylic acids is 1. The zero-order valence-electron chi connectivity index (χ0n) is 24.0. The van der Waals surface area contributed by atoms with Crippen LogP contribution in [0, 0.1) is 11.8 Å². The maximum Gasteiger partial charge on any atom is 0.490 e. The lowest BCUT2D eigenvalue weighted by atomic mass is 9.81. The van der Waals surface area contributed by atoms with E-state index in [1.165, 1.54) is 0 Å². The molecule has 2 fully saturated rings. The number of para-hydroxylation sites is 1. The summed E-state index contributed by atoms with van der Waals surface area (Å²) in [6.07, 6.45) is -2.06. The van der Waals surface area contributed by atoms with Gasteiger partial charge in [0.15, 0.2) is 0 Å². The summed E-state index contributed by atoms with van der Waals surface area (Å²) in [6, 6.07) is 18.1. The molecule has 2 amide bonds. The number of carbonyl (C=O) groups excluding carboxylic acids is 2. The van der Waals surface area contributed by atoms with Gasteiger partial charge in [0.05, 0.1) is 5.52 Å². The number of nitrogens with two attached hydrogens (primary N) is 1. The smallest absolute Gasteiger partial charge is 0.477 e. The van der Waals surface area contributed by atoms with Crippen molar-refractivity contribution in [2.24, 2.45) is 17.6 Å². The van der Waals surface area contributed by atoms with Crippen molar-refractivity contribution >= 4 is 34.7 Å². The summed E-state index contributed by atoms with van der Waals surface area (Å²) in [5.41, 5.74) is 7.69. The van der Waals surface area contributed by atoms with Gasteiger partial charge in [-0.05, 0) is 62.3 Å². The average molecular weight is 617 g/mol. The van der Waals surface area contributed by atoms with E-state index in [1.807, 2.05) is 54.6 Å². The van der Waals surface area contributed by atoms with Crippen molar-refractivity contribution in [3.63, 3.8) is 0 Å². The monoisotopic (exact) mass is 616 g/mol. The third-order valence-corrected chi connectivity index (χ3v) is 8.50. The SMILES string of the molecule is CNC(=O)[C@@H]1[C@H](c2ccccc2)CC(n2c(C(=O)O)cc3ccccc32)N1C(=O)[C@H]1CC[C@H](CN)CC1.O=C(O)C(F)(F)F. The Balaban J connectivity index is 0.000000566. The molecular formula is C31H35F3N4O6. The molecule has 236 valence electrons. The Labute approximate surface area is 251 Å². The van der Waals surface area contributed by atoms with Gasteiger partial charge in [0, 0.05) is 24.3 Å². The van der Waals surface area contributed by atoms with Crippen LogP contribution in [0.3, 0.4) is 0 Å². The number of likely N-dealkylation sites (N-methyl/N-ethyl adjacent to an activating group) is 1. The number of nitrogens with zero attached hydrogens (tertiary/aromatic N) is 2. The Morgan fingerprint density at radius 2 is 1.55 bits per heavy atom. The number of likely N-dealkylation sites (tertiary alicyclic amines) is 1. The van der Waals surface area contributed by atoms with Crippen LogP contribution in [0.4, 0.5) is 13.2 Å². The molecule has 1 aromatic heterocycles. The van der Waals surface area contributed by atoms with Crippen molar-refractivity contribution in [1.82, 2.24) is 14.8 Å². The maximum atomic E-state index is 14.3. The van der Waals surface area contributed by atoms with Crippen LogP contribution < -0.4 is 11.1 Å². The highest BCUT2D eigenvalue weighted by Crippen LogP contribution is 2.46. The first-order valence-corrected chi connectivity index (χ1v) is 14.3. The minimum Gasteiger partial charge on any atom is -0.477 e. The van der Waals surface area contributed by atoms with Gasteiger partial charge in [0.1, 0.15) is 17.9 Å². The van der Waals surface area contributed by atoms with Crippen LogP contribution in [0.5, 0.6) is 0 Å². The second-order valence-corrected chi connectivity index (χ2v) is 11.1. The van der Waals surface area contributed by atoms with E-state index in [4.69, 9.17) is 15.6 Å². The Morgan fingerprint density at radius 3 is 2.09 bits per heavy atom. The largest absolute Gasteiger partial charge is 0.490 e. The molecule has 13 heteroatoms. The molecule has 10 nitrogen and oxygen atoms in total. The van der Waals surface area contributed by atoms with Crippen LogP contribution in [0.1, 0.15) is 60.2 Å². The van der Waals surface area contributed by atoms with Crippen molar-refractivity contribution in [2.75, 3.05) is 13.6 Å². The molecule has 0 spiro atoms. The van der Waals surface area contributed by atoms with Gasteiger partial charge in [-0.1, -0.05) is 48.5 Å². The zero-order chi connectivity index (χ0) is 32.2. The Bertz CT molecular complexity index is 1500. The molecule has 1 aliphatic carbocycles. The maximum absolute atomic E-state index is 14.3. The first-order chi connectivity index (χ1) is 20.9. The predicted octanol–water partition coefficient (Wildman–Crippen LogP) is 4.37. The molecule has 2 aromatic carbocycles. The number of carboxylic acids is 2. The highest BCUT2D eigenvalue weighted by Gasteiger charge is 2.51. The molecule has 3 aromatic rings. The summed E-state index contributed by atoms with van der Waals surface area (Å²) < 4.78 is 33.5. The number of halogens is 3. The highest BCUT2D eigenvalue weighted by atomic mass is 19.4. The first-order valence-electron chi connectivity index (χ1n) is 14.3. The fourth-order valence-electron chi connectivity index (χ4n) is 6.36. The summed E-state index contributed by atoms with van der Waals surface area (Å²) >= 11 is 0. The second kappa shape index (κ2) is 13.5. The van der Waals surface area contributed by atoms with Crippen LogP contribution in [0.15, 0.2) is 60.7 Å². The Morgan fingerprint density at radius 1 is 0.955 bits per heavy atom. The van der Waals surface area contributed by atoms with Gasteiger partial charge >= 0.3 is 18.1 Å². The number of aromatic carboxylic acids is 1. The fourth-order valence-corrected chi connectivity index (χ4v) is 6.36. The van der Waals surface area contributed by atoms with E-state index in [0.717, 1.165) is 42.1 Å². The number of carboxylic acid groups (broad SMARTS) is 2. The number of fused-ring (bicyclic) bond motifs is 1. The summed E-state index contributed by atoms with van der Waals surface area (Å²) in [5.74, 6) is -4.23. The quantitative estimate of drug-likeness (QED) is 0.321. The van der Waals surface area contributed by atoms with E-state index in [9.17, 15) is 32.7 Å². The van der Waals surface area contributed by atoms with Gasteiger partial charge in [-0.25, -0.2) is 9.59 Å². The minimum atomic E-state index is -5.08. The molecule has 5 N–H and O–H groups in total. The van der Waals surface area contributed by atoms with Gasteiger partial charge in [0.25, 0.3) is 0 Å². The predicted molar refractivity (Wildman–Crippen MR) is 155 cm³/mol. The third kappa shape index (κ3) is 6.72. The Kier molecular flexibility index (Phi) is 9.98. The Hall–Kier alpha value is -4.39. The van der Waals surface area contributed by atoms with Crippen molar-refractivity contribution in [2.45, 2.75) is 56.4 Å². The molecule has 0 radical (unpaired) electrons. The van der Waals surface area contributed by atoms with E-state index in [0.29, 0.717) is 18.9 Å². The molecule has 3 atom stereocenters. The van der Waals surface area contributed by atoms with Crippen LogP contribution in [-0.4, -0.2) is 69.2 Å². The number of rotatable bonds is 6. The lowest BCUT2D eigenvalue weighted by Gasteiger charge is -2.36. The van der Waals surface area contributed by atoms with Crippen LogP contribution in [0.2, 0.25) is 0 Å². The molecule has 1 unspecified atom stereocenters. The number of hydrogen-bond acceptors (Lipinski definition) is 5. The van der Waals surface area contributed by atoms with E-state index < -0.39 is 30.3 Å². The molecule has 0 bridgehead atoms. The van der Waals surface area contributed by atoms with Crippen molar-refractivity contribution in [1.29, 1.82) is 0 Å². The molecule has 1 saturated carbocycles. The fraction of sp³-hybridized carbons (Fsp3) is 0.419. The van der Waals surface area contributed by atoms with E-state index in [2.05, 4.69) is 5.32 Å². The van der Waals surface area contributed by atoms with Gasteiger partial charge in [-0.15, -0.1) is 0 Å². The minimum absolute atomic E-state index is 0.0818. The number of aromatic nitrogens is 1. The molecule has 5 rings (SSSR count). The number of carbonyl (C=O) groups is 4. The normalized spacial score (nSPS) is 23.5. The van der Waals surface area contributed by atoms with E-state index in [-0.39, 0.29) is 29.3 Å². The molecule has 44 heavy (non-hydrogen) atoms. The average Bonchev–Trinajstić information content (AvgIpc) is 3.60. The first kappa shape index (κ1) is 32.5.